The van der Waals surface area contributed by atoms with Crippen molar-refractivity contribution in [3.63, 3.8) is 0 Å². The fraction of sp³-hybridized carbons (Fsp3) is 0. The van der Waals surface area contributed by atoms with E-state index < -0.39 is 16.6 Å². The summed E-state index contributed by atoms with van der Waals surface area (Å²) in [4.78, 5) is 10.1. The van der Waals surface area contributed by atoms with Gasteiger partial charge in [-0.1, -0.05) is 5.21 Å². The summed E-state index contributed by atoms with van der Waals surface area (Å²) in [7, 11) is 0. The second-order valence-corrected chi connectivity index (χ2v) is 4.75. The van der Waals surface area contributed by atoms with Crippen LogP contribution < -0.4 is 0 Å². The van der Waals surface area contributed by atoms with E-state index in [1.807, 2.05) is 6.07 Å². The highest BCUT2D eigenvalue weighted by Gasteiger charge is 2.13. The largest absolute Gasteiger partial charge is 0.269 e. The van der Waals surface area contributed by atoms with Gasteiger partial charge in [0.2, 0.25) is 0 Å². The Balaban J connectivity index is 2.07. The van der Waals surface area contributed by atoms with E-state index in [0.717, 1.165) is 16.8 Å². The van der Waals surface area contributed by atoms with Crippen molar-refractivity contribution in [3.8, 4) is 6.07 Å². The molecule has 0 atom stereocenters. The molecule has 0 spiro atoms. The van der Waals surface area contributed by atoms with Gasteiger partial charge in [0.05, 0.1) is 10.4 Å². The van der Waals surface area contributed by atoms with Gasteiger partial charge >= 0.3 is 0 Å². The predicted octanol–water partition coefficient (Wildman–Crippen LogP) is 3.14. The van der Waals surface area contributed by atoms with Crippen molar-refractivity contribution in [3.05, 3.63) is 63.7 Å². The molecule has 0 bridgehead atoms. The molecular formula is C15H7F2N5O2. The first-order valence-corrected chi connectivity index (χ1v) is 6.56. The average Bonchev–Trinajstić information content (AvgIpc) is 2.96. The number of halogens is 2. The standard InChI is InChI=1S/C15H7F2N5O2/c16-12-6-14-15(7-13(12)17)21(20-19-14)11(8-18)5-9-1-3-10(4-2-9)22(23)24/h1-7H/b11-5+. The van der Waals surface area contributed by atoms with Crippen LogP contribution in [0, 0.1) is 33.1 Å². The smallest absolute Gasteiger partial charge is 0.258 e. The summed E-state index contributed by atoms with van der Waals surface area (Å²) >= 11 is 0. The van der Waals surface area contributed by atoms with Crippen LogP contribution in [-0.4, -0.2) is 19.9 Å². The molecule has 0 saturated heterocycles. The number of benzene rings is 2. The molecule has 2 aromatic carbocycles. The summed E-state index contributed by atoms with van der Waals surface area (Å²) in [5, 5.41) is 27.4. The minimum Gasteiger partial charge on any atom is -0.258 e. The highest BCUT2D eigenvalue weighted by molar-refractivity contribution is 5.86. The van der Waals surface area contributed by atoms with E-state index in [0.29, 0.717) is 5.56 Å². The van der Waals surface area contributed by atoms with Gasteiger partial charge in [-0.2, -0.15) is 5.26 Å². The zero-order valence-electron chi connectivity index (χ0n) is 11.8. The van der Waals surface area contributed by atoms with Crippen LogP contribution in [0.1, 0.15) is 5.56 Å². The number of hydrogen-bond acceptors (Lipinski definition) is 5. The maximum absolute atomic E-state index is 13.4. The third-order valence-corrected chi connectivity index (χ3v) is 3.24. The maximum atomic E-state index is 13.4. The molecule has 0 unspecified atom stereocenters. The first kappa shape index (κ1) is 15.2. The lowest BCUT2D eigenvalue weighted by molar-refractivity contribution is -0.384. The number of nitro benzene ring substituents is 1. The van der Waals surface area contributed by atoms with E-state index in [1.165, 1.54) is 30.3 Å². The highest BCUT2D eigenvalue weighted by Crippen LogP contribution is 2.21. The van der Waals surface area contributed by atoms with E-state index in [9.17, 15) is 24.2 Å². The van der Waals surface area contributed by atoms with Crippen molar-refractivity contribution in [2.24, 2.45) is 0 Å². The van der Waals surface area contributed by atoms with Gasteiger partial charge in [-0.25, -0.2) is 13.5 Å². The second-order valence-electron chi connectivity index (χ2n) is 4.75. The third kappa shape index (κ3) is 2.68. The molecule has 9 heteroatoms. The van der Waals surface area contributed by atoms with Gasteiger partial charge in [0, 0.05) is 24.3 Å². The highest BCUT2D eigenvalue weighted by atomic mass is 19.2. The number of nitrogens with zero attached hydrogens (tertiary/aromatic N) is 5. The molecule has 0 aliphatic heterocycles. The molecule has 1 aromatic heterocycles. The SMILES string of the molecule is N#C/C(=C\c1ccc([N+](=O)[O-])cc1)n1nnc2cc(F)c(F)cc21. The fourth-order valence-electron chi connectivity index (χ4n) is 2.09. The number of allylic oxidation sites excluding steroid dienone is 1. The monoisotopic (exact) mass is 327 g/mol. The van der Waals surface area contributed by atoms with Gasteiger partial charge in [0.1, 0.15) is 17.3 Å². The van der Waals surface area contributed by atoms with Gasteiger partial charge in [-0.3, -0.25) is 10.1 Å². The summed E-state index contributed by atoms with van der Waals surface area (Å²) in [6.07, 6.45) is 1.40. The number of fused-ring (bicyclic) bond motifs is 1. The summed E-state index contributed by atoms with van der Waals surface area (Å²) in [6.45, 7) is 0. The summed E-state index contributed by atoms with van der Waals surface area (Å²) in [6, 6.07) is 9.15. The molecule has 0 aliphatic carbocycles. The molecule has 0 N–H and O–H groups in total. The van der Waals surface area contributed by atoms with Gasteiger partial charge in [-0.05, 0) is 23.8 Å². The molecule has 0 fully saturated rings. The van der Waals surface area contributed by atoms with E-state index in [-0.39, 0.29) is 22.4 Å². The molecular weight excluding hydrogens is 320 g/mol. The van der Waals surface area contributed by atoms with Crippen molar-refractivity contribution in [1.29, 1.82) is 5.26 Å². The van der Waals surface area contributed by atoms with Crippen LogP contribution >= 0.6 is 0 Å². The van der Waals surface area contributed by atoms with Gasteiger partial charge in [0.15, 0.2) is 11.6 Å². The number of aromatic nitrogens is 3. The molecule has 3 aromatic rings. The Hall–Kier alpha value is -3.67. The van der Waals surface area contributed by atoms with Gasteiger partial charge < -0.3 is 0 Å². The quantitative estimate of drug-likeness (QED) is 0.418. The first-order chi connectivity index (χ1) is 11.5. The summed E-state index contributed by atoms with van der Waals surface area (Å²) in [5.74, 6) is -2.15. The van der Waals surface area contributed by atoms with Crippen molar-refractivity contribution in [2.75, 3.05) is 0 Å². The van der Waals surface area contributed by atoms with Crippen molar-refractivity contribution in [1.82, 2.24) is 15.0 Å². The van der Waals surface area contributed by atoms with Crippen LogP contribution in [0.15, 0.2) is 36.4 Å². The molecule has 0 aliphatic rings. The molecule has 0 saturated carbocycles. The Morgan fingerprint density at radius 2 is 1.92 bits per heavy atom. The average molecular weight is 327 g/mol. The van der Waals surface area contributed by atoms with Crippen LogP contribution in [0.4, 0.5) is 14.5 Å². The molecule has 118 valence electrons. The number of nitro groups is 1. The van der Waals surface area contributed by atoms with Crippen LogP contribution in [-0.2, 0) is 0 Å². The Labute approximate surface area is 133 Å². The fourth-order valence-corrected chi connectivity index (χ4v) is 2.09. The lowest BCUT2D eigenvalue weighted by Crippen LogP contribution is -1.98. The summed E-state index contributed by atoms with van der Waals surface area (Å²) in [5.41, 5.74) is 0.637. The van der Waals surface area contributed by atoms with Gasteiger partial charge in [0.25, 0.3) is 5.69 Å². The number of hydrogen-bond donors (Lipinski definition) is 0. The van der Waals surface area contributed by atoms with E-state index in [4.69, 9.17) is 0 Å². The molecule has 3 rings (SSSR count). The zero-order chi connectivity index (χ0) is 17.3. The normalized spacial score (nSPS) is 11.5. The van der Waals surface area contributed by atoms with E-state index in [2.05, 4.69) is 10.3 Å². The minimum atomic E-state index is -1.08. The number of non-ortho nitro benzene ring substituents is 1. The Morgan fingerprint density at radius 1 is 1.25 bits per heavy atom. The second kappa shape index (κ2) is 5.85. The third-order valence-electron chi connectivity index (χ3n) is 3.24. The molecule has 7 nitrogen and oxygen atoms in total. The predicted molar refractivity (Wildman–Crippen MR) is 80.3 cm³/mol. The lowest BCUT2D eigenvalue weighted by Gasteiger charge is -2.01. The molecule has 1 heterocycles. The molecule has 24 heavy (non-hydrogen) atoms. The van der Waals surface area contributed by atoms with E-state index in [1.54, 1.807) is 0 Å². The Morgan fingerprint density at radius 3 is 2.54 bits per heavy atom. The minimum absolute atomic E-state index is 0.00244. The van der Waals surface area contributed by atoms with Crippen LogP contribution in [0.2, 0.25) is 0 Å². The summed E-state index contributed by atoms with van der Waals surface area (Å²) < 4.78 is 27.7. The lowest BCUT2D eigenvalue weighted by atomic mass is 10.2. The topological polar surface area (TPSA) is 97.6 Å². The van der Waals surface area contributed by atoms with Crippen LogP contribution in [0.25, 0.3) is 22.8 Å². The van der Waals surface area contributed by atoms with Crippen molar-refractivity contribution in [2.45, 2.75) is 0 Å². The zero-order valence-corrected chi connectivity index (χ0v) is 11.8. The maximum Gasteiger partial charge on any atom is 0.269 e. The van der Waals surface area contributed by atoms with Crippen LogP contribution in [0.5, 0.6) is 0 Å². The van der Waals surface area contributed by atoms with Gasteiger partial charge in [-0.15, -0.1) is 5.10 Å². The Kier molecular flexibility index (Phi) is 3.71. The molecule has 0 amide bonds. The number of rotatable bonds is 3. The first-order valence-electron chi connectivity index (χ1n) is 6.56. The van der Waals surface area contributed by atoms with Crippen molar-refractivity contribution >= 4 is 28.5 Å². The molecule has 0 radical (unpaired) electrons. The van der Waals surface area contributed by atoms with E-state index >= 15 is 0 Å². The Bertz CT molecular complexity index is 1020. The van der Waals surface area contributed by atoms with Crippen molar-refractivity contribution < 1.29 is 13.7 Å². The number of nitriles is 1. The van der Waals surface area contributed by atoms with Crippen LogP contribution in [0.3, 0.4) is 0 Å².